The van der Waals surface area contributed by atoms with Crippen LogP contribution >= 0.6 is 0 Å². The highest BCUT2D eigenvalue weighted by Crippen LogP contribution is 2.40. The van der Waals surface area contributed by atoms with E-state index in [4.69, 9.17) is 4.74 Å². The molecule has 1 unspecified atom stereocenters. The van der Waals surface area contributed by atoms with Crippen LogP contribution in [0.1, 0.15) is 50.0 Å². The molecule has 2 fully saturated rings. The number of nitrogens with zero attached hydrogens (tertiary/aromatic N) is 1. The van der Waals surface area contributed by atoms with E-state index < -0.39 is 0 Å². The Morgan fingerprint density at radius 1 is 1.13 bits per heavy atom. The van der Waals surface area contributed by atoms with Crippen LogP contribution in [0.4, 0.5) is 5.69 Å². The number of hydrogen-bond acceptors (Lipinski definition) is 4. The predicted octanol–water partition coefficient (Wildman–Crippen LogP) is 2.35. The fraction of sp³-hybridized carbons (Fsp3) is 0.556. The summed E-state index contributed by atoms with van der Waals surface area (Å²) < 4.78 is 5.86. The van der Waals surface area contributed by atoms with Crippen LogP contribution in [0.2, 0.25) is 0 Å². The van der Waals surface area contributed by atoms with Crippen molar-refractivity contribution in [2.75, 3.05) is 18.1 Å². The van der Waals surface area contributed by atoms with Crippen LogP contribution in [-0.2, 0) is 9.59 Å². The molecule has 1 N–H and O–H groups in total. The van der Waals surface area contributed by atoms with Crippen LogP contribution < -0.4 is 15.0 Å². The van der Waals surface area contributed by atoms with E-state index in [2.05, 4.69) is 28.4 Å². The van der Waals surface area contributed by atoms with Crippen molar-refractivity contribution in [2.24, 2.45) is 0 Å². The number of fused-ring (bicyclic) bond motifs is 1. The number of piperidine rings is 1. The van der Waals surface area contributed by atoms with Gasteiger partial charge < -0.3 is 9.64 Å². The van der Waals surface area contributed by atoms with Crippen molar-refractivity contribution in [1.82, 2.24) is 5.32 Å². The maximum absolute atomic E-state index is 12.2. The Kier molecular flexibility index (Phi) is 3.71. The Morgan fingerprint density at radius 3 is 2.74 bits per heavy atom. The molecule has 1 saturated heterocycles. The number of imide groups is 1. The smallest absolute Gasteiger partial charge is 0.249 e. The summed E-state index contributed by atoms with van der Waals surface area (Å²) in [5.41, 5.74) is 2.33. The molecule has 1 aliphatic carbocycles. The molecule has 4 rings (SSSR count). The topological polar surface area (TPSA) is 58.6 Å². The lowest BCUT2D eigenvalue weighted by molar-refractivity contribution is -0.134. The summed E-state index contributed by atoms with van der Waals surface area (Å²) in [4.78, 5) is 25.6. The molecule has 1 aromatic carbocycles. The number of carbonyl (C=O) groups excluding carboxylic acids is 2. The first-order valence-corrected chi connectivity index (χ1v) is 8.59. The number of benzene rings is 1. The van der Waals surface area contributed by atoms with Crippen molar-refractivity contribution in [2.45, 2.75) is 50.5 Å². The quantitative estimate of drug-likeness (QED) is 0.851. The van der Waals surface area contributed by atoms with Crippen molar-refractivity contribution in [3.05, 3.63) is 23.8 Å². The van der Waals surface area contributed by atoms with Gasteiger partial charge in [0, 0.05) is 6.42 Å². The molecule has 1 atom stereocenters. The molecular weight excluding hydrogens is 292 g/mol. The van der Waals surface area contributed by atoms with Gasteiger partial charge in [0.15, 0.2) is 0 Å². The molecule has 23 heavy (non-hydrogen) atoms. The number of ether oxygens (including phenoxy) is 1. The number of nitrogens with one attached hydrogen (secondary N) is 1. The summed E-state index contributed by atoms with van der Waals surface area (Å²) in [6, 6.07) is 6.16. The molecule has 0 spiro atoms. The van der Waals surface area contributed by atoms with Crippen LogP contribution in [0.5, 0.6) is 5.75 Å². The van der Waals surface area contributed by atoms with Crippen molar-refractivity contribution in [1.29, 1.82) is 0 Å². The largest absolute Gasteiger partial charge is 0.490 e. The average molecular weight is 314 g/mol. The third kappa shape index (κ3) is 2.69. The van der Waals surface area contributed by atoms with Crippen molar-refractivity contribution in [3.63, 3.8) is 0 Å². The molecule has 2 aliphatic heterocycles. The van der Waals surface area contributed by atoms with Crippen LogP contribution in [0.3, 0.4) is 0 Å². The molecule has 1 saturated carbocycles. The number of rotatable bonds is 2. The fourth-order valence-corrected chi connectivity index (χ4v) is 4.07. The Morgan fingerprint density at radius 2 is 1.96 bits per heavy atom. The molecule has 3 aliphatic rings. The normalized spacial score (nSPS) is 25.0. The van der Waals surface area contributed by atoms with Gasteiger partial charge in [-0.2, -0.15) is 0 Å². The Balaban J connectivity index is 1.60. The first kappa shape index (κ1) is 14.5. The highest BCUT2D eigenvalue weighted by atomic mass is 16.5. The summed E-state index contributed by atoms with van der Waals surface area (Å²) in [5.74, 6) is 1.17. The van der Waals surface area contributed by atoms with Gasteiger partial charge in [-0.25, -0.2) is 0 Å². The van der Waals surface area contributed by atoms with Crippen molar-refractivity contribution in [3.8, 4) is 5.75 Å². The molecule has 2 amide bonds. The van der Waals surface area contributed by atoms with Crippen molar-refractivity contribution < 1.29 is 14.3 Å². The molecule has 5 nitrogen and oxygen atoms in total. The zero-order valence-corrected chi connectivity index (χ0v) is 13.2. The van der Waals surface area contributed by atoms with Gasteiger partial charge in [-0.1, -0.05) is 18.9 Å². The number of amides is 2. The van der Waals surface area contributed by atoms with Crippen LogP contribution in [-0.4, -0.2) is 31.0 Å². The lowest BCUT2D eigenvalue weighted by atomic mass is 9.96. The van der Waals surface area contributed by atoms with Crippen LogP contribution in [0, 0.1) is 0 Å². The van der Waals surface area contributed by atoms with Gasteiger partial charge in [0.25, 0.3) is 0 Å². The van der Waals surface area contributed by atoms with Gasteiger partial charge in [-0.3, -0.25) is 14.9 Å². The van der Waals surface area contributed by atoms with Crippen LogP contribution in [0.25, 0.3) is 0 Å². The first-order chi connectivity index (χ1) is 11.2. The standard InChI is InChI=1S/C18H22N2O3/c21-17-8-7-15(18(22)19-17)20-9-10-23-16-11-13(5-6-14(16)20)12-3-1-2-4-12/h5-6,11-12,15H,1-4,7-10H2,(H,19,21,22). The second-order valence-corrected chi connectivity index (χ2v) is 6.72. The first-order valence-electron chi connectivity index (χ1n) is 8.59. The van der Waals surface area contributed by atoms with Crippen molar-refractivity contribution >= 4 is 17.5 Å². The highest BCUT2D eigenvalue weighted by molar-refractivity contribution is 6.01. The van der Waals surface area contributed by atoms with E-state index in [1.807, 2.05) is 0 Å². The molecule has 1 aromatic rings. The molecule has 5 heteroatoms. The van der Waals surface area contributed by atoms with E-state index in [1.54, 1.807) is 0 Å². The fourth-order valence-electron chi connectivity index (χ4n) is 4.07. The van der Waals surface area contributed by atoms with Gasteiger partial charge >= 0.3 is 0 Å². The van der Waals surface area contributed by atoms with E-state index in [9.17, 15) is 9.59 Å². The van der Waals surface area contributed by atoms with E-state index in [0.717, 1.165) is 11.4 Å². The average Bonchev–Trinajstić information content (AvgIpc) is 3.08. The second kappa shape index (κ2) is 5.87. The summed E-state index contributed by atoms with van der Waals surface area (Å²) in [6.45, 7) is 1.26. The summed E-state index contributed by atoms with van der Waals surface area (Å²) >= 11 is 0. The summed E-state index contributed by atoms with van der Waals surface area (Å²) in [7, 11) is 0. The third-order valence-corrected chi connectivity index (χ3v) is 5.30. The van der Waals surface area contributed by atoms with E-state index in [1.165, 1.54) is 31.2 Å². The maximum Gasteiger partial charge on any atom is 0.249 e. The zero-order valence-electron chi connectivity index (χ0n) is 13.2. The van der Waals surface area contributed by atoms with Gasteiger partial charge in [0.2, 0.25) is 11.8 Å². The van der Waals surface area contributed by atoms with Gasteiger partial charge in [0.1, 0.15) is 18.4 Å². The molecule has 0 bridgehead atoms. The Labute approximate surface area is 136 Å². The lowest BCUT2D eigenvalue weighted by Gasteiger charge is -2.38. The summed E-state index contributed by atoms with van der Waals surface area (Å²) in [6.07, 6.45) is 6.12. The van der Waals surface area contributed by atoms with E-state index >= 15 is 0 Å². The molecule has 122 valence electrons. The van der Waals surface area contributed by atoms with Gasteiger partial charge in [-0.15, -0.1) is 0 Å². The Bertz CT molecular complexity index is 637. The third-order valence-electron chi connectivity index (χ3n) is 5.30. The second-order valence-electron chi connectivity index (χ2n) is 6.72. The number of anilines is 1. The molecule has 2 heterocycles. The van der Waals surface area contributed by atoms with E-state index in [0.29, 0.717) is 31.9 Å². The predicted molar refractivity (Wildman–Crippen MR) is 86.7 cm³/mol. The molecule has 0 aromatic heterocycles. The SMILES string of the molecule is O=C1CCC(N2CCOc3cc(C4CCCC4)ccc32)C(=O)N1. The molecular formula is C18H22N2O3. The lowest BCUT2D eigenvalue weighted by Crippen LogP contribution is -2.54. The zero-order chi connectivity index (χ0) is 15.8. The van der Waals surface area contributed by atoms with Gasteiger partial charge in [0.05, 0.1) is 12.2 Å². The minimum absolute atomic E-state index is 0.170. The highest BCUT2D eigenvalue weighted by Gasteiger charge is 2.34. The Hall–Kier alpha value is -2.04. The number of carbonyl (C=O) groups is 2. The minimum atomic E-state index is -0.271. The molecule has 0 radical (unpaired) electrons. The number of hydrogen-bond donors (Lipinski definition) is 1. The van der Waals surface area contributed by atoms with Crippen LogP contribution in [0.15, 0.2) is 18.2 Å². The van der Waals surface area contributed by atoms with E-state index in [-0.39, 0.29) is 17.9 Å². The summed E-state index contributed by atoms with van der Waals surface area (Å²) in [5, 5.41) is 2.45. The van der Waals surface area contributed by atoms with Gasteiger partial charge in [-0.05, 0) is 42.9 Å². The monoisotopic (exact) mass is 314 g/mol. The maximum atomic E-state index is 12.2. The minimum Gasteiger partial charge on any atom is -0.490 e.